The molecular weight excluding hydrogens is 464 g/mol. The van der Waals surface area contributed by atoms with Crippen molar-refractivity contribution in [3.05, 3.63) is 0 Å². The van der Waals surface area contributed by atoms with Gasteiger partial charge in [0.05, 0.1) is 5.60 Å². The molecular formula is C32H50O5. The van der Waals surface area contributed by atoms with Gasteiger partial charge in [0.1, 0.15) is 29.2 Å². The van der Waals surface area contributed by atoms with E-state index >= 15 is 0 Å². The Hall–Kier alpha value is -0.940. The third kappa shape index (κ3) is 3.05. The van der Waals surface area contributed by atoms with Gasteiger partial charge >= 0.3 is 5.97 Å². The number of fused-ring (bicyclic) bond motifs is 4. The lowest BCUT2D eigenvalue weighted by Crippen LogP contribution is -2.65. The summed E-state index contributed by atoms with van der Waals surface area (Å²) in [4.78, 5) is 24.9. The maximum absolute atomic E-state index is 13.0. The minimum Gasteiger partial charge on any atom is -0.460 e. The van der Waals surface area contributed by atoms with Crippen molar-refractivity contribution in [1.82, 2.24) is 0 Å². The third-order valence-electron chi connectivity index (χ3n) is 13.8. The maximum Gasteiger partial charge on any atom is 0.302 e. The average Bonchev–Trinajstić information content (AvgIpc) is 3.62. The molecule has 5 nitrogen and oxygen atoms in total. The molecule has 5 heteroatoms. The summed E-state index contributed by atoms with van der Waals surface area (Å²) in [6.07, 6.45) is 9.30. The zero-order valence-electron chi connectivity index (χ0n) is 24.8. The number of rotatable bonds is 5. The fourth-order valence-electron chi connectivity index (χ4n) is 11.6. The molecule has 0 aromatic carbocycles. The van der Waals surface area contributed by atoms with Gasteiger partial charge in [0.2, 0.25) is 0 Å². The van der Waals surface area contributed by atoms with Crippen molar-refractivity contribution >= 4 is 11.8 Å². The lowest BCUT2D eigenvalue weighted by molar-refractivity contribution is -0.208. The minimum atomic E-state index is -0.226. The van der Waals surface area contributed by atoms with E-state index in [0.717, 1.165) is 38.5 Å². The average molecular weight is 515 g/mol. The van der Waals surface area contributed by atoms with E-state index in [1.54, 1.807) is 0 Å². The van der Waals surface area contributed by atoms with Crippen LogP contribution in [0.25, 0.3) is 0 Å². The molecule has 6 fully saturated rings. The number of esters is 1. The molecule has 0 radical (unpaired) electrons. The van der Waals surface area contributed by atoms with Gasteiger partial charge in [-0.3, -0.25) is 9.59 Å². The summed E-state index contributed by atoms with van der Waals surface area (Å²) in [6.45, 7) is 20.1. The van der Waals surface area contributed by atoms with E-state index in [-0.39, 0.29) is 56.6 Å². The summed E-state index contributed by atoms with van der Waals surface area (Å²) in [6, 6.07) is 0. The van der Waals surface area contributed by atoms with E-state index in [1.807, 2.05) is 0 Å². The smallest absolute Gasteiger partial charge is 0.302 e. The SMILES string of the molecule is CC(=O)OC(CC(C)C12CCC3(C)C4(C)CCC5C(C)(C)C(=O)CCC5(C)C4CCC13O2)C1OC1(C)C. The molecule has 10 atom stereocenters. The fraction of sp³-hybridized carbons (Fsp3) is 0.938. The molecule has 2 aliphatic heterocycles. The normalized spacial score (nSPS) is 52.1. The molecule has 0 amide bonds. The molecule has 10 unspecified atom stereocenters. The predicted octanol–water partition coefficient (Wildman–Crippen LogP) is 6.65. The first-order chi connectivity index (χ1) is 17.0. The van der Waals surface area contributed by atoms with E-state index in [0.29, 0.717) is 23.5 Å². The van der Waals surface area contributed by atoms with Crippen molar-refractivity contribution in [3.8, 4) is 0 Å². The van der Waals surface area contributed by atoms with E-state index < -0.39 is 0 Å². The largest absolute Gasteiger partial charge is 0.460 e. The van der Waals surface area contributed by atoms with Crippen molar-refractivity contribution in [2.75, 3.05) is 0 Å². The van der Waals surface area contributed by atoms with Crippen LogP contribution in [-0.4, -0.2) is 40.8 Å². The zero-order chi connectivity index (χ0) is 27.0. The highest BCUT2D eigenvalue weighted by atomic mass is 16.6. The van der Waals surface area contributed by atoms with Gasteiger partial charge in [-0.25, -0.2) is 0 Å². The highest BCUT2D eigenvalue weighted by Crippen LogP contribution is 2.84. The summed E-state index contributed by atoms with van der Waals surface area (Å²) in [5, 5.41) is 0. The van der Waals surface area contributed by atoms with Gasteiger partial charge < -0.3 is 14.2 Å². The van der Waals surface area contributed by atoms with Gasteiger partial charge in [-0.1, -0.05) is 41.5 Å². The predicted molar refractivity (Wildman–Crippen MR) is 142 cm³/mol. The molecule has 2 heterocycles. The molecule has 37 heavy (non-hydrogen) atoms. The highest BCUT2D eigenvalue weighted by molar-refractivity contribution is 5.85. The van der Waals surface area contributed by atoms with Crippen LogP contribution in [0.15, 0.2) is 0 Å². The van der Waals surface area contributed by atoms with Crippen LogP contribution in [-0.2, 0) is 23.8 Å². The Morgan fingerprint density at radius 1 is 0.973 bits per heavy atom. The molecule has 0 N–H and O–H groups in total. The molecule has 1 spiro atoms. The lowest BCUT2D eigenvalue weighted by atomic mass is 9.35. The first-order valence-corrected chi connectivity index (χ1v) is 15.1. The summed E-state index contributed by atoms with van der Waals surface area (Å²) in [5.41, 5.74) is -0.0699. The van der Waals surface area contributed by atoms with Gasteiger partial charge in [0.15, 0.2) is 0 Å². The Kier molecular flexibility index (Phi) is 5.27. The third-order valence-corrected chi connectivity index (χ3v) is 13.8. The molecule has 208 valence electrons. The molecule has 4 aliphatic carbocycles. The Morgan fingerprint density at radius 3 is 2.24 bits per heavy atom. The number of hydrogen-bond acceptors (Lipinski definition) is 5. The molecule has 6 aliphatic rings. The van der Waals surface area contributed by atoms with Crippen molar-refractivity contribution in [1.29, 1.82) is 0 Å². The van der Waals surface area contributed by atoms with Crippen LogP contribution >= 0.6 is 0 Å². The van der Waals surface area contributed by atoms with Crippen LogP contribution in [0.2, 0.25) is 0 Å². The second-order valence-electron chi connectivity index (χ2n) is 15.8. The Balaban J connectivity index is 1.28. The van der Waals surface area contributed by atoms with Gasteiger partial charge in [-0.2, -0.15) is 0 Å². The summed E-state index contributed by atoms with van der Waals surface area (Å²) >= 11 is 0. The van der Waals surface area contributed by atoms with Gasteiger partial charge in [0, 0.05) is 24.2 Å². The van der Waals surface area contributed by atoms with Crippen LogP contribution in [0.1, 0.15) is 120 Å². The lowest BCUT2D eigenvalue weighted by Gasteiger charge is -2.68. The fourth-order valence-corrected chi connectivity index (χ4v) is 11.6. The summed E-state index contributed by atoms with van der Waals surface area (Å²) in [5.74, 6) is 1.66. The molecule has 0 aromatic rings. The second-order valence-corrected chi connectivity index (χ2v) is 15.8. The topological polar surface area (TPSA) is 68.4 Å². The van der Waals surface area contributed by atoms with Crippen LogP contribution in [0.5, 0.6) is 0 Å². The first-order valence-electron chi connectivity index (χ1n) is 15.1. The number of carbonyl (C=O) groups excluding carboxylic acids is 2. The molecule has 0 bridgehead atoms. The number of epoxide rings is 2. The number of ketones is 1. The molecule has 6 rings (SSSR count). The Labute approximate surface area is 224 Å². The monoisotopic (exact) mass is 514 g/mol. The minimum absolute atomic E-state index is 0.0291. The Morgan fingerprint density at radius 2 is 1.62 bits per heavy atom. The van der Waals surface area contributed by atoms with Crippen LogP contribution in [0.3, 0.4) is 0 Å². The van der Waals surface area contributed by atoms with Crippen molar-refractivity contribution in [2.24, 2.45) is 39.4 Å². The van der Waals surface area contributed by atoms with Crippen molar-refractivity contribution in [3.63, 3.8) is 0 Å². The number of hydrogen-bond donors (Lipinski definition) is 0. The van der Waals surface area contributed by atoms with Crippen LogP contribution < -0.4 is 0 Å². The zero-order valence-corrected chi connectivity index (χ0v) is 24.8. The van der Waals surface area contributed by atoms with E-state index in [1.165, 1.54) is 26.2 Å². The van der Waals surface area contributed by atoms with E-state index in [2.05, 4.69) is 55.4 Å². The van der Waals surface area contributed by atoms with Crippen molar-refractivity contribution < 1.29 is 23.8 Å². The standard InChI is InChI=1S/C32H50O5/c1-19(18-21(35-20(2)33)25-27(5,6)36-25)31-17-16-30(9)29(8)14-10-22-26(3,4)24(34)12-13-28(22,7)23(29)11-15-32(30,31)37-31/h19,21-23,25H,10-18H2,1-9H3. The van der Waals surface area contributed by atoms with Crippen LogP contribution in [0.4, 0.5) is 0 Å². The van der Waals surface area contributed by atoms with E-state index in [4.69, 9.17) is 14.2 Å². The number of carbonyl (C=O) groups is 2. The number of Topliss-reactive ketones (excluding diaryl/α,β-unsaturated/α-hetero) is 1. The summed E-state index contributed by atoms with van der Waals surface area (Å²) < 4.78 is 18.8. The van der Waals surface area contributed by atoms with Gasteiger partial charge in [-0.05, 0) is 93.8 Å². The first kappa shape index (κ1) is 26.3. The quantitative estimate of drug-likeness (QED) is 0.303. The van der Waals surface area contributed by atoms with Crippen LogP contribution in [0, 0.1) is 39.4 Å². The molecule has 0 aromatic heterocycles. The highest BCUT2D eigenvalue weighted by Gasteiger charge is 2.87. The van der Waals surface area contributed by atoms with E-state index in [9.17, 15) is 9.59 Å². The Bertz CT molecular complexity index is 1030. The van der Waals surface area contributed by atoms with Gasteiger partial charge in [-0.15, -0.1) is 0 Å². The van der Waals surface area contributed by atoms with Crippen molar-refractivity contribution in [2.45, 2.75) is 149 Å². The number of ether oxygens (including phenoxy) is 3. The molecule has 4 saturated carbocycles. The maximum atomic E-state index is 13.0. The second kappa shape index (κ2) is 7.42. The van der Waals surface area contributed by atoms with Gasteiger partial charge in [0.25, 0.3) is 0 Å². The molecule has 2 saturated heterocycles. The summed E-state index contributed by atoms with van der Waals surface area (Å²) in [7, 11) is 0.